The predicted molar refractivity (Wildman–Crippen MR) is 89.1 cm³/mol. The highest BCUT2D eigenvalue weighted by atomic mass is 19.3. The number of carbonyl (C=O) groups is 1. The fourth-order valence-electron chi connectivity index (χ4n) is 2.85. The van der Waals surface area contributed by atoms with Crippen LogP contribution < -0.4 is 4.74 Å². The van der Waals surface area contributed by atoms with Crippen LogP contribution in [0.25, 0.3) is 0 Å². The van der Waals surface area contributed by atoms with Gasteiger partial charge < -0.3 is 14.4 Å². The van der Waals surface area contributed by atoms with Gasteiger partial charge in [-0.3, -0.25) is 9.69 Å². The van der Waals surface area contributed by atoms with Gasteiger partial charge in [-0.2, -0.15) is 0 Å². The lowest BCUT2D eigenvalue weighted by Gasteiger charge is -2.36. The van der Waals surface area contributed by atoms with Gasteiger partial charge in [0.2, 0.25) is 5.88 Å². The van der Waals surface area contributed by atoms with Crippen molar-refractivity contribution in [3.8, 4) is 5.88 Å². The van der Waals surface area contributed by atoms with Crippen LogP contribution in [0.5, 0.6) is 5.88 Å². The van der Waals surface area contributed by atoms with Crippen LogP contribution in [0.2, 0.25) is 0 Å². The van der Waals surface area contributed by atoms with Crippen molar-refractivity contribution in [1.82, 2.24) is 14.8 Å². The molecule has 2 rings (SSSR count). The van der Waals surface area contributed by atoms with E-state index in [0.29, 0.717) is 12.1 Å². The zero-order valence-corrected chi connectivity index (χ0v) is 14.8. The fourth-order valence-corrected chi connectivity index (χ4v) is 2.85. The number of pyridine rings is 1. The quantitative estimate of drug-likeness (QED) is 0.746. The Hall–Kier alpha value is -1.80. The van der Waals surface area contributed by atoms with Gasteiger partial charge in [0, 0.05) is 51.1 Å². The Labute approximate surface area is 146 Å². The van der Waals surface area contributed by atoms with E-state index >= 15 is 0 Å². The van der Waals surface area contributed by atoms with Crippen LogP contribution in [0.1, 0.15) is 24.2 Å². The van der Waals surface area contributed by atoms with E-state index in [2.05, 4.69) is 9.88 Å². The minimum Gasteiger partial charge on any atom is -0.472 e. The van der Waals surface area contributed by atoms with Crippen LogP contribution in [0, 0.1) is 0 Å². The summed E-state index contributed by atoms with van der Waals surface area (Å²) in [6.07, 6.45) is -0.839. The number of nitrogens with zero attached hydrogens (tertiary/aromatic N) is 3. The molecule has 0 saturated carbocycles. The number of alkyl halides is 2. The summed E-state index contributed by atoms with van der Waals surface area (Å²) in [6.45, 7) is 6.33. The van der Waals surface area contributed by atoms with Gasteiger partial charge in [-0.05, 0) is 19.9 Å². The Bertz CT molecular complexity index is 564. The fraction of sp³-hybridized carbons (Fsp3) is 0.647. The third-order valence-electron chi connectivity index (χ3n) is 3.93. The summed E-state index contributed by atoms with van der Waals surface area (Å²) < 4.78 is 35.0. The van der Waals surface area contributed by atoms with E-state index in [1.807, 2.05) is 13.8 Å². The van der Waals surface area contributed by atoms with Crippen molar-refractivity contribution < 1.29 is 23.0 Å². The number of hydrogen-bond donors (Lipinski definition) is 0. The number of ether oxygens (including phenoxy) is 2. The van der Waals surface area contributed by atoms with Gasteiger partial charge in [0.1, 0.15) is 0 Å². The molecule has 0 radical (unpaired) electrons. The summed E-state index contributed by atoms with van der Waals surface area (Å²) in [5, 5.41) is 0. The lowest BCUT2D eigenvalue weighted by Crippen LogP contribution is -2.48. The molecule has 2 atom stereocenters. The van der Waals surface area contributed by atoms with Crippen molar-refractivity contribution in [2.24, 2.45) is 0 Å². The van der Waals surface area contributed by atoms with Crippen LogP contribution >= 0.6 is 0 Å². The van der Waals surface area contributed by atoms with E-state index in [1.54, 1.807) is 18.0 Å². The van der Waals surface area contributed by atoms with Crippen LogP contribution in [0.3, 0.4) is 0 Å². The highest BCUT2D eigenvalue weighted by Gasteiger charge is 2.22. The van der Waals surface area contributed by atoms with Crippen LogP contribution in [-0.2, 0) is 4.74 Å². The molecular weight excluding hydrogens is 332 g/mol. The third-order valence-corrected chi connectivity index (χ3v) is 3.93. The Morgan fingerprint density at radius 2 is 2.12 bits per heavy atom. The molecule has 0 N–H and O–H groups in total. The normalized spacial score (nSPS) is 21.4. The maximum Gasteiger partial charge on any atom is 0.272 e. The molecule has 0 unspecified atom stereocenters. The minimum absolute atomic E-state index is 0.0235. The van der Waals surface area contributed by atoms with E-state index in [1.165, 1.54) is 12.3 Å². The van der Waals surface area contributed by atoms with E-state index in [-0.39, 0.29) is 24.0 Å². The molecule has 1 fully saturated rings. The number of carbonyl (C=O) groups excluding carboxylic acids is 1. The molecule has 8 heteroatoms. The SMILES string of the molecule is C[C@@H]1CN(CCN(C)C(=O)c2ccnc(OCC(F)F)c2)C[C@H](C)O1. The van der Waals surface area contributed by atoms with Crippen molar-refractivity contribution >= 4 is 5.91 Å². The summed E-state index contributed by atoms with van der Waals surface area (Å²) >= 11 is 0. The molecule has 6 nitrogen and oxygen atoms in total. The highest BCUT2D eigenvalue weighted by molar-refractivity contribution is 5.94. The summed E-state index contributed by atoms with van der Waals surface area (Å²) in [6, 6.07) is 2.94. The third kappa shape index (κ3) is 6.21. The summed E-state index contributed by atoms with van der Waals surface area (Å²) in [7, 11) is 1.72. The number of amides is 1. The number of likely N-dealkylation sites (N-methyl/N-ethyl adjacent to an activating group) is 1. The van der Waals surface area contributed by atoms with Crippen LogP contribution in [-0.4, -0.2) is 79.2 Å². The topological polar surface area (TPSA) is 54.9 Å². The molecule has 1 aromatic heterocycles. The Kier molecular flexibility index (Phi) is 7.07. The molecule has 1 aromatic rings. The number of aromatic nitrogens is 1. The van der Waals surface area contributed by atoms with Crippen molar-refractivity contribution in [2.45, 2.75) is 32.5 Å². The van der Waals surface area contributed by atoms with Gasteiger partial charge in [-0.1, -0.05) is 0 Å². The Balaban J connectivity index is 1.88. The van der Waals surface area contributed by atoms with E-state index in [0.717, 1.165) is 19.6 Å². The first-order chi connectivity index (χ1) is 11.8. The molecule has 2 heterocycles. The predicted octanol–water partition coefficient (Wildman–Crippen LogP) is 1.91. The summed E-state index contributed by atoms with van der Waals surface area (Å²) in [4.78, 5) is 20.2. The average molecular weight is 357 g/mol. The van der Waals surface area contributed by atoms with Gasteiger partial charge in [-0.25, -0.2) is 13.8 Å². The van der Waals surface area contributed by atoms with Crippen LogP contribution in [0.15, 0.2) is 18.3 Å². The van der Waals surface area contributed by atoms with Crippen molar-refractivity contribution in [2.75, 3.05) is 39.8 Å². The molecular formula is C17H25F2N3O3. The van der Waals surface area contributed by atoms with Gasteiger partial charge in [-0.15, -0.1) is 0 Å². The molecule has 1 amide bonds. The standard InChI is InChI=1S/C17H25F2N3O3/c1-12-9-22(10-13(2)25-12)7-6-21(3)17(23)14-4-5-20-16(8-14)24-11-15(18)19/h4-5,8,12-13,15H,6-7,9-11H2,1-3H3/t12-,13+. The smallest absolute Gasteiger partial charge is 0.272 e. The number of hydrogen-bond acceptors (Lipinski definition) is 5. The monoisotopic (exact) mass is 357 g/mol. The van der Waals surface area contributed by atoms with Crippen molar-refractivity contribution in [1.29, 1.82) is 0 Å². The van der Waals surface area contributed by atoms with E-state index in [4.69, 9.17) is 9.47 Å². The lowest BCUT2D eigenvalue weighted by atomic mass is 10.2. The number of rotatable bonds is 7. The first-order valence-corrected chi connectivity index (χ1v) is 8.35. The Morgan fingerprint density at radius 1 is 1.44 bits per heavy atom. The molecule has 0 spiro atoms. The minimum atomic E-state index is -2.58. The zero-order valence-electron chi connectivity index (χ0n) is 14.8. The lowest BCUT2D eigenvalue weighted by molar-refractivity contribution is -0.0685. The molecule has 140 valence electrons. The average Bonchev–Trinajstić information content (AvgIpc) is 2.56. The number of halogens is 2. The number of morpholine rings is 1. The molecule has 1 aliphatic heterocycles. The summed E-state index contributed by atoms with van der Waals surface area (Å²) in [5.74, 6) is -0.172. The molecule has 0 aromatic carbocycles. The second-order valence-electron chi connectivity index (χ2n) is 6.33. The maximum atomic E-state index is 12.5. The van der Waals surface area contributed by atoms with Gasteiger partial charge in [0.15, 0.2) is 6.61 Å². The second-order valence-corrected chi connectivity index (χ2v) is 6.33. The molecule has 25 heavy (non-hydrogen) atoms. The van der Waals surface area contributed by atoms with Crippen molar-refractivity contribution in [3.63, 3.8) is 0 Å². The largest absolute Gasteiger partial charge is 0.472 e. The van der Waals surface area contributed by atoms with Crippen molar-refractivity contribution in [3.05, 3.63) is 23.9 Å². The zero-order chi connectivity index (χ0) is 18.4. The Morgan fingerprint density at radius 3 is 2.76 bits per heavy atom. The first-order valence-electron chi connectivity index (χ1n) is 8.35. The molecule has 0 bridgehead atoms. The molecule has 0 aliphatic carbocycles. The van der Waals surface area contributed by atoms with Crippen LogP contribution in [0.4, 0.5) is 8.78 Å². The van der Waals surface area contributed by atoms with E-state index in [9.17, 15) is 13.6 Å². The molecule has 1 saturated heterocycles. The summed E-state index contributed by atoms with van der Waals surface area (Å²) in [5.41, 5.74) is 0.366. The van der Waals surface area contributed by atoms with Gasteiger partial charge >= 0.3 is 0 Å². The van der Waals surface area contributed by atoms with Gasteiger partial charge in [0.05, 0.1) is 12.2 Å². The van der Waals surface area contributed by atoms with E-state index < -0.39 is 13.0 Å². The molecule has 1 aliphatic rings. The first kappa shape index (κ1) is 19.5. The highest BCUT2D eigenvalue weighted by Crippen LogP contribution is 2.13. The van der Waals surface area contributed by atoms with Gasteiger partial charge in [0.25, 0.3) is 12.3 Å². The second kappa shape index (κ2) is 9.05. The maximum absolute atomic E-state index is 12.5.